The van der Waals surface area contributed by atoms with Crippen molar-refractivity contribution >= 4 is 23.1 Å². The summed E-state index contributed by atoms with van der Waals surface area (Å²) in [5, 5.41) is 16.0. The van der Waals surface area contributed by atoms with Gasteiger partial charge in [0.2, 0.25) is 0 Å². The number of phenols is 1. The van der Waals surface area contributed by atoms with Gasteiger partial charge in [-0.15, -0.1) is 0 Å². The van der Waals surface area contributed by atoms with Crippen LogP contribution in [-0.2, 0) is 0 Å². The van der Waals surface area contributed by atoms with Gasteiger partial charge in [0, 0.05) is 11.3 Å². The Labute approximate surface area is 139 Å². The number of hydrogen-bond acceptors (Lipinski definition) is 3. The number of Topliss-reactive ketones (excluding diaryl/α,β-unsaturated/α-hetero) is 1. The summed E-state index contributed by atoms with van der Waals surface area (Å²) in [6.45, 7) is 3.98. The standard InChI is InChI=1S/C18H16N2O2S/c1-11-15(17(22)13-5-3-2-4-6-13)16(20-18(23)19-11)12-7-9-14(21)10-8-12/h2-10,15-16,21H,1H2,(H2,19,20,23)/t15-,16-/m1/s1. The minimum atomic E-state index is -0.492. The van der Waals surface area contributed by atoms with Crippen molar-refractivity contribution in [3.63, 3.8) is 0 Å². The Morgan fingerprint density at radius 2 is 1.74 bits per heavy atom. The maximum absolute atomic E-state index is 12.9. The van der Waals surface area contributed by atoms with Crippen LogP contribution in [0.1, 0.15) is 22.0 Å². The second-order valence-corrected chi connectivity index (χ2v) is 5.81. The van der Waals surface area contributed by atoms with E-state index in [1.165, 1.54) is 0 Å². The number of benzene rings is 2. The molecular weight excluding hydrogens is 308 g/mol. The van der Waals surface area contributed by atoms with Gasteiger partial charge in [-0.25, -0.2) is 0 Å². The lowest BCUT2D eigenvalue weighted by Gasteiger charge is -2.35. The van der Waals surface area contributed by atoms with Crippen LogP contribution in [-0.4, -0.2) is 16.0 Å². The number of rotatable bonds is 3. The van der Waals surface area contributed by atoms with Gasteiger partial charge in [-0.05, 0) is 29.9 Å². The summed E-state index contributed by atoms with van der Waals surface area (Å²) >= 11 is 5.20. The summed E-state index contributed by atoms with van der Waals surface area (Å²) in [7, 11) is 0. The van der Waals surface area contributed by atoms with Crippen LogP contribution in [0.15, 0.2) is 66.9 Å². The van der Waals surface area contributed by atoms with Crippen LogP contribution >= 0.6 is 12.2 Å². The van der Waals surface area contributed by atoms with Gasteiger partial charge in [0.05, 0.1) is 12.0 Å². The zero-order valence-corrected chi connectivity index (χ0v) is 13.1. The highest BCUT2D eigenvalue weighted by Gasteiger charge is 2.36. The fourth-order valence-corrected chi connectivity index (χ4v) is 2.99. The number of carbonyl (C=O) groups excluding carboxylic acids is 1. The van der Waals surface area contributed by atoms with Crippen LogP contribution in [0.25, 0.3) is 0 Å². The molecule has 23 heavy (non-hydrogen) atoms. The summed E-state index contributed by atoms with van der Waals surface area (Å²) in [5.41, 5.74) is 2.06. The molecule has 0 aliphatic carbocycles. The molecule has 0 unspecified atom stereocenters. The maximum atomic E-state index is 12.9. The summed E-state index contributed by atoms with van der Waals surface area (Å²) in [5.74, 6) is -0.347. The zero-order valence-electron chi connectivity index (χ0n) is 12.3. The van der Waals surface area contributed by atoms with Crippen molar-refractivity contribution in [3.8, 4) is 5.75 Å². The van der Waals surface area contributed by atoms with E-state index in [1.54, 1.807) is 36.4 Å². The van der Waals surface area contributed by atoms with Crippen molar-refractivity contribution in [1.29, 1.82) is 0 Å². The van der Waals surface area contributed by atoms with Crippen LogP contribution < -0.4 is 10.6 Å². The first-order chi connectivity index (χ1) is 11.1. The minimum absolute atomic E-state index is 0.0313. The van der Waals surface area contributed by atoms with E-state index in [9.17, 15) is 9.90 Å². The number of ketones is 1. The Hall–Kier alpha value is -2.66. The topological polar surface area (TPSA) is 61.4 Å². The number of thiocarbonyl (C=S) groups is 1. The summed E-state index contributed by atoms with van der Waals surface area (Å²) in [6, 6.07) is 15.5. The molecule has 2 atom stereocenters. The van der Waals surface area contributed by atoms with Crippen LogP contribution in [0, 0.1) is 5.92 Å². The minimum Gasteiger partial charge on any atom is -0.508 e. The predicted octanol–water partition coefficient (Wildman–Crippen LogP) is 2.92. The van der Waals surface area contributed by atoms with Crippen molar-refractivity contribution in [1.82, 2.24) is 10.6 Å². The molecule has 4 nitrogen and oxygen atoms in total. The molecule has 0 bridgehead atoms. The first kappa shape index (κ1) is 15.2. The van der Waals surface area contributed by atoms with Gasteiger partial charge in [0.1, 0.15) is 5.75 Å². The first-order valence-corrected chi connectivity index (χ1v) is 7.61. The largest absolute Gasteiger partial charge is 0.508 e. The van der Waals surface area contributed by atoms with Gasteiger partial charge < -0.3 is 15.7 Å². The molecule has 2 aromatic rings. The van der Waals surface area contributed by atoms with Gasteiger partial charge in [-0.3, -0.25) is 4.79 Å². The Bertz CT molecular complexity index is 756. The van der Waals surface area contributed by atoms with Crippen molar-refractivity contribution in [2.45, 2.75) is 6.04 Å². The quantitative estimate of drug-likeness (QED) is 0.598. The molecule has 3 rings (SSSR count). The van der Waals surface area contributed by atoms with Crippen LogP contribution in [0.5, 0.6) is 5.75 Å². The van der Waals surface area contributed by atoms with E-state index in [0.29, 0.717) is 16.4 Å². The third-order valence-electron chi connectivity index (χ3n) is 3.86. The van der Waals surface area contributed by atoms with Crippen LogP contribution in [0.4, 0.5) is 0 Å². The molecule has 116 valence electrons. The molecule has 3 N–H and O–H groups in total. The number of nitrogens with one attached hydrogen (secondary N) is 2. The number of carbonyl (C=O) groups is 1. The average Bonchev–Trinajstić information content (AvgIpc) is 2.55. The molecule has 1 heterocycles. The van der Waals surface area contributed by atoms with Gasteiger partial charge in [-0.1, -0.05) is 49.0 Å². The van der Waals surface area contributed by atoms with E-state index in [-0.39, 0.29) is 17.6 Å². The van der Waals surface area contributed by atoms with Gasteiger partial charge in [0.15, 0.2) is 10.9 Å². The lowest BCUT2D eigenvalue weighted by Crippen LogP contribution is -2.50. The SMILES string of the molecule is C=C1NC(=S)N[C@H](c2ccc(O)cc2)[C@@H]1C(=O)c1ccccc1. The van der Waals surface area contributed by atoms with Crippen molar-refractivity contribution < 1.29 is 9.90 Å². The summed E-state index contributed by atoms with van der Waals surface area (Å²) in [4.78, 5) is 12.9. The van der Waals surface area contributed by atoms with E-state index in [2.05, 4.69) is 17.2 Å². The fourth-order valence-electron chi connectivity index (χ4n) is 2.73. The molecule has 2 aromatic carbocycles. The molecule has 0 radical (unpaired) electrons. The second-order valence-electron chi connectivity index (χ2n) is 5.40. The lowest BCUT2D eigenvalue weighted by atomic mass is 9.83. The molecule has 1 fully saturated rings. The number of aromatic hydroxyl groups is 1. The third-order valence-corrected chi connectivity index (χ3v) is 4.08. The Balaban J connectivity index is 1.99. The summed E-state index contributed by atoms with van der Waals surface area (Å²) in [6.07, 6.45) is 0. The molecule has 0 spiro atoms. The van der Waals surface area contributed by atoms with Crippen molar-refractivity contribution in [3.05, 3.63) is 78.0 Å². The molecular formula is C18H16N2O2S. The normalized spacial score (nSPS) is 20.5. The zero-order chi connectivity index (χ0) is 16.4. The van der Waals surface area contributed by atoms with Crippen molar-refractivity contribution in [2.24, 2.45) is 5.92 Å². The molecule has 0 amide bonds. The molecule has 1 aliphatic heterocycles. The van der Waals surface area contributed by atoms with Crippen LogP contribution in [0.3, 0.4) is 0 Å². The van der Waals surface area contributed by atoms with E-state index >= 15 is 0 Å². The number of phenolic OH excluding ortho intramolecular Hbond substituents is 1. The smallest absolute Gasteiger partial charge is 0.174 e. The third kappa shape index (κ3) is 3.10. The highest BCUT2D eigenvalue weighted by atomic mass is 32.1. The monoisotopic (exact) mass is 324 g/mol. The molecule has 5 heteroatoms. The highest BCUT2D eigenvalue weighted by molar-refractivity contribution is 7.80. The predicted molar refractivity (Wildman–Crippen MR) is 93.1 cm³/mol. The van der Waals surface area contributed by atoms with Gasteiger partial charge in [-0.2, -0.15) is 0 Å². The Morgan fingerprint density at radius 1 is 1.09 bits per heavy atom. The van der Waals surface area contributed by atoms with E-state index in [0.717, 1.165) is 5.56 Å². The Kier molecular flexibility index (Phi) is 4.12. The second kappa shape index (κ2) is 6.22. The molecule has 0 saturated carbocycles. The van der Waals surface area contributed by atoms with Crippen LogP contribution in [0.2, 0.25) is 0 Å². The number of hydrogen-bond donors (Lipinski definition) is 3. The van der Waals surface area contributed by atoms with Gasteiger partial charge in [0.25, 0.3) is 0 Å². The summed E-state index contributed by atoms with van der Waals surface area (Å²) < 4.78 is 0. The average molecular weight is 324 g/mol. The molecule has 0 aromatic heterocycles. The van der Waals surface area contributed by atoms with E-state index in [4.69, 9.17) is 12.2 Å². The van der Waals surface area contributed by atoms with E-state index < -0.39 is 5.92 Å². The van der Waals surface area contributed by atoms with Gasteiger partial charge >= 0.3 is 0 Å². The fraction of sp³-hybridized carbons (Fsp3) is 0.111. The first-order valence-electron chi connectivity index (χ1n) is 7.21. The molecule has 1 aliphatic rings. The lowest BCUT2D eigenvalue weighted by molar-refractivity contribution is 0.0912. The highest BCUT2D eigenvalue weighted by Crippen LogP contribution is 2.32. The van der Waals surface area contributed by atoms with Crippen molar-refractivity contribution in [2.75, 3.05) is 0 Å². The van der Waals surface area contributed by atoms with E-state index in [1.807, 2.05) is 18.2 Å². The maximum Gasteiger partial charge on any atom is 0.174 e. The molecule has 1 saturated heterocycles. The Morgan fingerprint density at radius 3 is 2.39 bits per heavy atom.